The molecule has 2 nitrogen and oxygen atoms in total. The lowest BCUT2D eigenvalue weighted by molar-refractivity contribution is 0.413. The van der Waals surface area contributed by atoms with Crippen molar-refractivity contribution in [2.24, 2.45) is 5.73 Å². The maximum atomic E-state index is 13.9. The lowest BCUT2D eigenvalue weighted by Crippen LogP contribution is -2.35. The minimum atomic E-state index is -1.52. The summed E-state index contributed by atoms with van der Waals surface area (Å²) in [6, 6.07) is 8.65. The highest BCUT2D eigenvalue weighted by Gasteiger charge is 2.29. The zero-order valence-electron chi connectivity index (χ0n) is 11.1. The predicted octanol–water partition coefficient (Wildman–Crippen LogP) is 3.33. The molecule has 0 aliphatic carbocycles. The summed E-state index contributed by atoms with van der Waals surface area (Å²) >= 11 is 0. The molecule has 0 saturated carbocycles. The van der Waals surface area contributed by atoms with Gasteiger partial charge in [-0.15, -0.1) is 0 Å². The van der Waals surface area contributed by atoms with Crippen LogP contribution in [0, 0.1) is 17.5 Å². The quantitative estimate of drug-likeness (QED) is 0.876. The third-order valence-electron chi connectivity index (χ3n) is 3.28. The molecular weight excluding hydrogens is 267 g/mol. The topological polar surface area (TPSA) is 35.2 Å². The van der Waals surface area contributed by atoms with E-state index >= 15 is 0 Å². The number of methoxy groups -OCH3 is 1. The van der Waals surface area contributed by atoms with Crippen LogP contribution in [0.25, 0.3) is 0 Å². The minimum absolute atomic E-state index is 0.110. The Bertz CT molecular complexity index is 624. The molecular formula is C15H14F3NO. The van der Waals surface area contributed by atoms with Gasteiger partial charge in [-0.3, -0.25) is 0 Å². The Morgan fingerprint density at radius 2 is 1.55 bits per heavy atom. The molecule has 0 radical (unpaired) electrons. The molecule has 0 heterocycles. The van der Waals surface area contributed by atoms with Crippen molar-refractivity contribution in [2.45, 2.75) is 12.5 Å². The summed E-state index contributed by atoms with van der Waals surface area (Å²) in [7, 11) is 1.52. The monoisotopic (exact) mass is 281 g/mol. The van der Waals surface area contributed by atoms with Gasteiger partial charge in [0, 0.05) is 5.56 Å². The predicted molar refractivity (Wildman–Crippen MR) is 70.0 cm³/mol. The first-order valence-electron chi connectivity index (χ1n) is 5.95. The molecule has 0 amide bonds. The van der Waals surface area contributed by atoms with Crippen LogP contribution in [-0.4, -0.2) is 7.11 Å². The van der Waals surface area contributed by atoms with E-state index in [-0.39, 0.29) is 5.56 Å². The van der Waals surface area contributed by atoms with Crippen LogP contribution in [0.3, 0.4) is 0 Å². The van der Waals surface area contributed by atoms with Crippen molar-refractivity contribution < 1.29 is 17.9 Å². The summed E-state index contributed by atoms with van der Waals surface area (Å²) in [5, 5.41) is 0. The standard InChI is InChI=1S/C15H14F3NO/c1-15(19,9-3-5-10(20-2)6-4-9)11-7-8-12(16)14(18)13(11)17/h3-8H,19H2,1-2H3. The molecule has 0 bridgehead atoms. The van der Waals surface area contributed by atoms with Crippen LogP contribution in [0.5, 0.6) is 5.75 Å². The maximum Gasteiger partial charge on any atom is 0.194 e. The molecule has 2 N–H and O–H groups in total. The first kappa shape index (κ1) is 14.4. The van der Waals surface area contributed by atoms with Gasteiger partial charge in [0.05, 0.1) is 12.6 Å². The molecule has 106 valence electrons. The molecule has 1 atom stereocenters. The van der Waals surface area contributed by atoms with Crippen LogP contribution in [0.1, 0.15) is 18.1 Å². The highest BCUT2D eigenvalue weighted by molar-refractivity contribution is 5.40. The van der Waals surface area contributed by atoms with Crippen LogP contribution in [0.15, 0.2) is 36.4 Å². The number of nitrogens with two attached hydrogens (primary N) is 1. The summed E-state index contributed by atoms with van der Waals surface area (Å²) in [6.07, 6.45) is 0. The summed E-state index contributed by atoms with van der Waals surface area (Å²) in [4.78, 5) is 0. The molecule has 5 heteroatoms. The second-order valence-electron chi connectivity index (χ2n) is 4.65. The highest BCUT2D eigenvalue weighted by Crippen LogP contribution is 2.31. The normalized spacial score (nSPS) is 13.9. The van der Waals surface area contributed by atoms with E-state index < -0.39 is 23.0 Å². The van der Waals surface area contributed by atoms with Crippen LogP contribution in [-0.2, 0) is 5.54 Å². The zero-order chi connectivity index (χ0) is 14.9. The lowest BCUT2D eigenvalue weighted by atomic mass is 9.85. The van der Waals surface area contributed by atoms with E-state index in [1.165, 1.54) is 14.0 Å². The van der Waals surface area contributed by atoms with Gasteiger partial charge >= 0.3 is 0 Å². The summed E-state index contributed by atoms with van der Waals surface area (Å²) in [5.74, 6) is -3.41. The Labute approximate surface area is 115 Å². The van der Waals surface area contributed by atoms with E-state index in [4.69, 9.17) is 10.5 Å². The molecule has 2 aromatic carbocycles. The maximum absolute atomic E-state index is 13.9. The van der Waals surface area contributed by atoms with Gasteiger partial charge in [-0.25, -0.2) is 13.2 Å². The molecule has 0 aliphatic rings. The smallest absolute Gasteiger partial charge is 0.194 e. The van der Waals surface area contributed by atoms with Crippen LogP contribution >= 0.6 is 0 Å². The number of benzene rings is 2. The first-order valence-corrected chi connectivity index (χ1v) is 5.95. The van der Waals surface area contributed by atoms with Crippen molar-refractivity contribution in [1.29, 1.82) is 0 Å². The molecule has 0 fully saturated rings. The van der Waals surface area contributed by atoms with E-state index in [1.807, 2.05) is 0 Å². The fourth-order valence-corrected chi connectivity index (χ4v) is 2.02. The van der Waals surface area contributed by atoms with Crippen molar-refractivity contribution in [1.82, 2.24) is 0 Å². The Morgan fingerprint density at radius 3 is 2.10 bits per heavy atom. The second kappa shape index (κ2) is 5.17. The van der Waals surface area contributed by atoms with Crippen molar-refractivity contribution >= 4 is 0 Å². The van der Waals surface area contributed by atoms with Gasteiger partial charge in [-0.1, -0.05) is 18.2 Å². The van der Waals surface area contributed by atoms with Gasteiger partial charge in [-0.2, -0.15) is 0 Å². The number of hydrogen-bond acceptors (Lipinski definition) is 2. The van der Waals surface area contributed by atoms with Crippen LogP contribution in [0.2, 0.25) is 0 Å². The average Bonchev–Trinajstić information content (AvgIpc) is 2.44. The third-order valence-corrected chi connectivity index (χ3v) is 3.28. The number of ether oxygens (including phenoxy) is 1. The van der Waals surface area contributed by atoms with E-state index in [9.17, 15) is 13.2 Å². The molecule has 2 rings (SSSR count). The Hall–Kier alpha value is -2.01. The van der Waals surface area contributed by atoms with Crippen LogP contribution in [0.4, 0.5) is 13.2 Å². The largest absolute Gasteiger partial charge is 0.497 e. The second-order valence-corrected chi connectivity index (χ2v) is 4.65. The summed E-state index contributed by atoms with van der Waals surface area (Å²) in [5.41, 5.74) is 5.26. The summed E-state index contributed by atoms with van der Waals surface area (Å²) in [6.45, 7) is 1.53. The van der Waals surface area contributed by atoms with E-state index in [0.29, 0.717) is 11.3 Å². The van der Waals surface area contributed by atoms with E-state index in [1.54, 1.807) is 24.3 Å². The van der Waals surface area contributed by atoms with Gasteiger partial charge in [-0.05, 0) is 30.7 Å². The SMILES string of the molecule is COc1ccc(C(C)(N)c2ccc(F)c(F)c2F)cc1. The van der Waals surface area contributed by atoms with Gasteiger partial charge in [0.2, 0.25) is 0 Å². The Kier molecular flexibility index (Phi) is 3.72. The molecule has 0 spiro atoms. The summed E-state index contributed by atoms with van der Waals surface area (Å²) < 4.78 is 45.2. The van der Waals surface area contributed by atoms with Gasteiger partial charge in [0.1, 0.15) is 5.75 Å². The zero-order valence-corrected chi connectivity index (χ0v) is 11.1. The van der Waals surface area contributed by atoms with Crippen molar-refractivity contribution in [3.8, 4) is 5.75 Å². The van der Waals surface area contributed by atoms with Crippen molar-refractivity contribution in [3.63, 3.8) is 0 Å². The first-order chi connectivity index (χ1) is 9.37. The van der Waals surface area contributed by atoms with Gasteiger partial charge < -0.3 is 10.5 Å². The Morgan fingerprint density at radius 1 is 0.950 bits per heavy atom. The van der Waals surface area contributed by atoms with Gasteiger partial charge in [0.25, 0.3) is 0 Å². The fourth-order valence-electron chi connectivity index (χ4n) is 2.02. The molecule has 2 aromatic rings. The number of hydrogen-bond donors (Lipinski definition) is 1. The fraction of sp³-hybridized carbons (Fsp3) is 0.200. The average molecular weight is 281 g/mol. The number of halogens is 3. The van der Waals surface area contributed by atoms with Crippen molar-refractivity contribution in [2.75, 3.05) is 7.11 Å². The molecule has 1 unspecified atom stereocenters. The van der Waals surface area contributed by atoms with E-state index in [2.05, 4.69) is 0 Å². The molecule has 0 saturated heterocycles. The molecule has 0 aromatic heterocycles. The van der Waals surface area contributed by atoms with Crippen molar-refractivity contribution in [3.05, 3.63) is 65.0 Å². The third kappa shape index (κ3) is 2.36. The van der Waals surface area contributed by atoms with Gasteiger partial charge in [0.15, 0.2) is 17.5 Å². The van der Waals surface area contributed by atoms with E-state index in [0.717, 1.165) is 12.1 Å². The lowest BCUT2D eigenvalue weighted by Gasteiger charge is -2.26. The molecule has 20 heavy (non-hydrogen) atoms. The Balaban J connectivity index is 2.51. The minimum Gasteiger partial charge on any atom is -0.497 e. The molecule has 0 aliphatic heterocycles. The van der Waals surface area contributed by atoms with Crippen LogP contribution < -0.4 is 10.5 Å². The number of rotatable bonds is 3. The highest BCUT2D eigenvalue weighted by atomic mass is 19.2.